The predicted octanol–water partition coefficient (Wildman–Crippen LogP) is 1.13. The number of fused-ring (bicyclic) bond motifs is 1. The molecule has 0 amide bonds. The highest BCUT2D eigenvalue weighted by Gasteiger charge is 2.20. The van der Waals surface area contributed by atoms with Crippen LogP contribution in [-0.2, 0) is 12.8 Å². The first-order chi connectivity index (χ1) is 7.93. The minimum Gasteiger partial charge on any atom is -0.367 e. The van der Waals surface area contributed by atoms with Gasteiger partial charge in [-0.25, -0.2) is 9.97 Å². The molecule has 0 radical (unpaired) electrons. The monoisotopic (exact) mass is 218 g/mol. The lowest BCUT2D eigenvalue weighted by Gasteiger charge is -2.24. The van der Waals surface area contributed by atoms with Gasteiger partial charge in [-0.2, -0.15) is 0 Å². The molecule has 86 valence electrons. The number of hydrogen-bond acceptors (Lipinski definition) is 4. The molecule has 1 aromatic heterocycles. The van der Waals surface area contributed by atoms with E-state index in [0.29, 0.717) is 6.04 Å². The second-order valence-corrected chi connectivity index (χ2v) is 4.67. The Balaban J connectivity index is 1.76. The minimum atomic E-state index is 0.584. The summed E-state index contributed by atoms with van der Waals surface area (Å²) in [5.74, 6) is 1.09. The van der Waals surface area contributed by atoms with Crippen molar-refractivity contribution in [3.63, 3.8) is 0 Å². The summed E-state index contributed by atoms with van der Waals surface area (Å²) in [6, 6.07) is 0.584. The Morgan fingerprint density at radius 1 is 1.19 bits per heavy atom. The normalized spacial score (nSPS) is 20.8. The Morgan fingerprint density at radius 3 is 2.94 bits per heavy atom. The molecular formula is C12H18N4. The summed E-state index contributed by atoms with van der Waals surface area (Å²) in [5, 5.41) is 6.97. The molecule has 2 heterocycles. The van der Waals surface area contributed by atoms with Crippen LogP contribution in [0.3, 0.4) is 0 Å². The first-order valence-corrected chi connectivity index (χ1v) is 6.23. The van der Waals surface area contributed by atoms with Gasteiger partial charge >= 0.3 is 0 Å². The van der Waals surface area contributed by atoms with Crippen molar-refractivity contribution in [3.8, 4) is 0 Å². The van der Waals surface area contributed by atoms with E-state index in [4.69, 9.17) is 0 Å². The zero-order chi connectivity index (χ0) is 10.8. The highest BCUT2D eigenvalue weighted by Crippen LogP contribution is 2.26. The van der Waals surface area contributed by atoms with Crippen molar-refractivity contribution < 1.29 is 0 Å². The van der Waals surface area contributed by atoms with Gasteiger partial charge in [0.25, 0.3) is 0 Å². The van der Waals surface area contributed by atoms with E-state index in [0.717, 1.165) is 31.7 Å². The molecule has 0 spiro atoms. The zero-order valence-electron chi connectivity index (χ0n) is 9.50. The van der Waals surface area contributed by atoms with E-state index in [-0.39, 0.29) is 0 Å². The van der Waals surface area contributed by atoms with Crippen LogP contribution in [-0.4, -0.2) is 29.1 Å². The molecule has 2 N–H and O–H groups in total. The van der Waals surface area contributed by atoms with Gasteiger partial charge in [0.1, 0.15) is 12.1 Å². The third-order valence-electron chi connectivity index (χ3n) is 3.55. The van der Waals surface area contributed by atoms with E-state index < -0.39 is 0 Å². The molecule has 2 aliphatic rings. The number of aromatic nitrogens is 2. The topological polar surface area (TPSA) is 49.8 Å². The average Bonchev–Trinajstić information content (AvgIpc) is 2.80. The summed E-state index contributed by atoms with van der Waals surface area (Å²) < 4.78 is 0. The molecule has 0 aromatic carbocycles. The number of piperidine rings is 1. The summed E-state index contributed by atoms with van der Waals surface area (Å²) in [6.07, 6.45) is 7.59. The van der Waals surface area contributed by atoms with Gasteiger partial charge in [0.15, 0.2) is 0 Å². The van der Waals surface area contributed by atoms with Crippen molar-refractivity contribution in [3.05, 3.63) is 17.6 Å². The summed E-state index contributed by atoms with van der Waals surface area (Å²) in [5.41, 5.74) is 2.62. The molecule has 3 rings (SSSR count). The van der Waals surface area contributed by atoms with E-state index in [1.165, 1.54) is 30.5 Å². The lowest BCUT2D eigenvalue weighted by atomic mass is 10.1. The molecule has 0 unspecified atom stereocenters. The largest absolute Gasteiger partial charge is 0.367 e. The highest BCUT2D eigenvalue weighted by atomic mass is 15.1. The molecule has 0 atom stereocenters. The lowest BCUT2D eigenvalue weighted by molar-refractivity contribution is 0.478. The van der Waals surface area contributed by atoms with Gasteiger partial charge in [0.2, 0.25) is 0 Å². The standard InChI is InChI=1S/C12H18N4/c1-2-10-11(3-1)14-8-15-12(10)16-9-4-6-13-7-5-9/h8-9,13H,1-7H2,(H,14,15,16). The van der Waals surface area contributed by atoms with Crippen LogP contribution in [0.5, 0.6) is 0 Å². The molecule has 1 aliphatic carbocycles. The van der Waals surface area contributed by atoms with Gasteiger partial charge in [0.05, 0.1) is 0 Å². The van der Waals surface area contributed by atoms with Gasteiger partial charge in [-0.3, -0.25) is 0 Å². The summed E-state index contributed by atoms with van der Waals surface area (Å²) in [6.45, 7) is 2.23. The Labute approximate surface area is 95.9 Å². The lowest BCUT2D eigenvalue weighted by Crippen LogP contribution is -2.35. The van der Waals surface area contributed by atoms with Crippen LogP contribution in [0.25, 0.3) is 0 Å². The molecule has 4 nitrogen and oxygen atoms in total. The second kappa shape index (κ2) is 4.37. The van der Waals surface area contributed by atoms with Crippen molar-refractivity contribution in [1.29, 1.82) is 0 Å². The van der Waals surface area contributed by atoms with Crippen molar-refractivity contribution in [1.82, 2.24) is 15.3 Å². The van der Waals surface area contributed by atoms with Crippen LogP contribution in [0.15, 0.2) is 6.33 Å². The van der Waals surface area contributed by atoms with Crippen LogP contribution in [0.2, 0.25) is 0 Å². The fraction of sp³-hybridized carbons (Fsp3) is 0.667. The highest BCUT2D eigenvalue weighted by molar-refractivity contribution is 5.48. The van der Waals surface area contributed by atoms with Gasteiger partial charge in [-0.1, -0.05) is 0 Å². The third kappa shape index (κ3) is 1.89. The Hall–Kier alpha value is -1.16. The number of nitrogens with one attached hydrogen (secondary N) is 2. The van der Waals surface area contributed by atoms with E-state index >= 15 is 0 Å². The molecule has 0 bridgehead atoms. The zero-order valence-corrected chi connectivity index (χ0v) is 9.50. The van der Waals surface area contributed by atoms with Crippen molar-refractivity contribution in [2.75, 3.05) is 18.4 Å². The number of hydrogen-bond donors (Lipinski definition) is 2. The molecule has 1 fully saturated rings. The van der Waals surface area contributed by atoms with Crippen molar-refractivity contribution >= 4 is 5.82 Å². The molecule has 0 saturated carbocycles. The Bertz CT molecular complexity index is 371. The van der Waals surface area contributed by atoms with E-state index in [1.54, 1.807) is 6.33 Å². The Morgan fingerprint density at radius 2 is 2.06 bits per heavy atom. The minimum absolute atomic E-state index is 0.584. The number of rotatable bonds is 2. The molecule has 1 aliphatic heterocycles. The maximum atomic E-state index is 4.40. The van der Waals surface area contributed by atoms with Crippen molar-refractivity contribution in [2.24, 2.45) is 0 Å². The van der Waals surface area contributed by atoms with E-state index in [2.05, 4.69) is 20.6 Å². The summed E-state index contributed by atoms with van der Waals surface area (Å²) >= 11 is 0. The van der Waals surface area contributed by atoms with Crippen LogP contribution >= 0.6 is 0 Å². The first-order valence-electron chi connectivity index (χ1n) is 6.23. The van der Waals surface area contributed by atoms with Crippen LogP contribution < -0.4 is 10.6 Å². The van der Waals surface area contributed by atoms with Gasteiger partial charge in [0, 0.05) is 17.3 Å². The molecule has 4 heteroatoms. The van der Waals surface area contributed by atoms with E-state index in [1.807, 2.05) is 0 Å². The molecule has 1 aromatic rings. The maximum Gasteiger partial charge on any atom is 0.133 e. The predicted molar refractivity (Wildman–Crippen MR) is 63.6 cm³/mol. The smallest absolute Gasteiger partial charge is 0.133 e. The average molecular weight is 218 g/mol. The second-order valence-electron chi connectivity index (χ2n) is 4.67. The van der Waals surface area contributed by atoms with E-state index in [9.17, 15) is 0 Å². The van der Waals surface area contributed by atoms with Crippen LogP contribution in [0, 0.1) is 0 Å². The van der Waals surface area contributed by atoms with Gasteiger partial charge in [-0.05, 0) is 45.2 Å². The number of anilines is 1. The third-order valence-corrected chi connectivity index (χ3v) is 3.55. The fourth-order valence-electron chi connectivity index (χ4n) is 2.64. The SMILES string of the molecule is c1nc2c(c(NC3CCNCC3)n1)CCC2. The molecule has 1 saturated heterocycles. The number of aryl methyl sites for hydroxylation is 1. The maximum absolute atomic E-state index is 4.40. The number of nitrogens with zero attached hydrogens (tertiary/aromatic N) is 2. The van der Waals surface area contributed by atoms with Gasteiger partial charge < -0.3 is 10.6 Å². The summed E-state index contributed by atoms with van der Waals surface area (Å²) in [7, 11) is 0. The Kier molecular flexibility index (Phi) is 2.74. The quantitative estimate of drug-likeness (QED) is 0.781. The van der Waals surface area contributed by atoms with Crippen LogP contribution in [0.4, 0.5) is 5.82 Å². The first kappa shape index (κ1) is 10.0. The van der Waals surface area contributed by atoms with Gasteiger partial charge in [-0.15, -0.1) is 0 Å². The van der Waals surface area contributed by atoms with Crippen LogP contribution in [0.1, 0.15) is 30.5 Å². The molecule has 16 heavy (non-hydrogen) atoms. The fourth-order valence-corrected chi connectivity index (χ4v) is 2.64. The molecular weight excluding hydrogens is 200 g/mol. The summed E-state index contributed by atoms with van der Waals surface area (Å²) in [4.78, 5) is 8.75. The van der Waals surface area contributed by atoms with Crippen molar-refractivity contribution in [2.45, 2.75) is 38.1 Å².